The van der Waals surface area contributed by atoms with Gasteiger partial charge in [0.25, 0.3) is 0 Å². The molecule has 2 aliphatic rings. The highest BCUT2D eigenvalue weighted by Crippen LogP contribution is 2.30. The van der Waals surface area contributed by atoms with Gasteiger partial charge in [0.2, 0.25) is 5.91 Å². The lowest BCUT2D eigenvalue weighted by atomic mass is 9.87. The van der Waals surface area contributed by atoms with Crippen LogP contribution in [-0.2, 0) is 11.3 Å². The summed E-state index contributed by atoms with van der Waals surface area (Å²) in [6.07, 6.45) is 0. The van der Waals surface area contributed by atoms with E-state index in [1.807, 2.05) is 35.2 Å². The van der Waals surface area contributed by atoms with Crippen molar-refractivity contribution in [3.05, 3.63) is 71.5 Å². The number of ketones is 1. The fourth-order valence-electron chi connectivity index (χ4n) is 4.77. The van der Waals surface area contributed by atoms with Crippen LogP contribution in [0.3, 0.4) is 0 Å². The largest absolute Gasteiger partial charge is 0.395 e. The number of hydrogen-bond donors (Lipinski definition) is 1. The van der Waals surface area contributed by atoms with Gasteiger partial charge in [0.05, 0.1) is 12.5 Å². The first-order chi connectivity index (χ1) is 15.5. The second kappa shape index (κ2) is 10.3. The Hall–Kier alpha value is -2.61. The summed E-state index contributed by atoms with van der Waals surface area (Å²) in [5.41, 5.74) is 1.59. The van der Waals surface area contributed by atoms with Gasteiger partial charge in [-0.25, -0.2) is 4.39 Å². The molecule has 0 radical (unpaired) electrons. The fraction of sp³-hybridized carbons (Fsp3) is 0.440. The quantitative estimate of drug-likeness (QED) is 0.668. The number of amides is 1. The maximum absolute atomic E-state index is 13.5. The zero-order valence-corrected chi connectivity index (χ0v) is 18.2. The lowest BCUT2D eigenvalue weighted by Gasteiger charge is -2.36. The molecule has 1 amide bonds. The molecule has 0 aliphatic carbocycles. The Morgan fingerprint density at radius 1 is 0.875 bits per heavy atom. The van der Waals surface area contributed by atoms with E-state index in [0.29, 0.717) is 44.8 Å². The molecular formula is C25H30FN3O3. The zero-order chi connectivity index (χ0) is 22.5. The molecule has 2 aromatic carbocycles. The van der Waals surface area contributed by atoms with Crippen LogP contribution in [0.5, 0.6) is 0 Å². The van der Waals surface area contributed by atoms with Crippen molar-refractivity contribution >= 4 is 11.7 Å². The van der Waals surface area contributed by atoms with E-state index < -0.39 is 11.8 Å². The van der Waals surface area contributed by atoms with E-state index in [2.05, 4.69) is 9.80 Å². The SMILES string of the molecule is O=C(c1ccc(F)cc1)[C@@H]1CN(Cc2ccccc2)C[C@H]1C(=O)N1CCN(CCO)CC1. The number of nitrogens with zero attached hydrogens (tertiary/aromatic N) is 3. The minimum Gasteiger partial charge on any atom is -0.395 e. The van der Waals surface area contributed by atoms with Crippen molar-refractivity contribution in [2.75, 3.05) is 52.4 Å². The molecule has 2 fully saturated rings. The minimum atomic E-state index is -0.452. The van der Waals surface area contributed by atoms with Gasteiger partial charge in [-0.05, 0) is 29.8 Å². The van der Waals surface area contributed by atoms with Gasteiger partial charge in [0.15, 0.2) is 5.78 Å². The molecule has 2 aromatic rings. The van der Waals surface area contributed by atoms with Crippen LogP contribution in [0.1, 0.15) is 15.9 Å². The van der Waals surface area contributed by atoms with Crippen molar-refractivity contribution < 1.29 is 19.1 Å². The van der Waals surface area contributed by atoms with Gasteiger partial charge < -0.3 is 10.0 Å². The molecular weight excluding hydrogens is 409 g/mol. The van der Waals surface area contributed by atoms with Crippen molar-refractivity contribution in [3.63, 3.8) is 0 Å². The number of β-amino-alcohol motifs (C(OH)–C–C–N with tert-alkyl or cyclic N) is 1. The van der Waals surface area contributed by atoms with E-state index in [0.717, 1.165) is 18.7 Å². The molecule has 0 bridgehead atoms. The maximum Gasteiger partial charge on any atom is 0.227 e. The van der Waals surface area contributed by atoms with E-state index in [1.54, 1.807) is 0 Å². The summed E-state index contributed by atoms with van der Waals surface area (Å²) >= 11 is 0. The van der Waals surface area contributed by atoms with E-state index in [4.69, 9.17) is 5.11 Å². The summed E-state index contributed by atoms with van der Waals surface area (Å²) in [5, 5.41) is 9.15. The van der Waals surface area contributed by atoms with Crippen LogP contribution < -0.4 is 0 Å². The topological polar surface area (TPSA) is 64.1 Å². The van der Waals surface area contributed by atoms with Gasteiger partial charge >= 0.3 is 0 Å². The number of hydrogen-bond acceptors (Lipinski definition) is 5. The molecule has 6 nitrogen and oxygen atoms in total. The standard InChI is InChI=1S/C25H30FN3O3/c26-21-8-6-20(7-9-21)24(31)22-17-28(16-19-4-2-1-3-5-19)18-23(22)25(32)29-12-10-27(11-13-29)14-15-30/h1-9,22-23,30H,10-18H2/t22-,23-/m1/s1. The second-order valence-corrected chi connectivity index (χ2v) is 8.65. The van der Waals surface area contributed by atoms with Crippen LogP contribution in [0.4, 0.5) is 4.39 Å². The van der Waals surface area contributed by atoms with E-state index >= 15 is 0 Å². The second-order valence-electron chi connectivity index (χ2n) is 8.65. The highest BCUT2D eigenvalue weighted by Gasteiger charge is 2.43. The van der Waals surface area contributed by atoms with Gasteiger partial charge in [-0.3, -0.25) is 19.4 Å². The zero-order valence-electron chi connectivity index (χ0n) is 18.2. The molecule has 2 atom stereocenters. The Bertz CT molecular complexity index is 914. The number of Topliss-reactive ketones (excluding diaryl/α,β-unsaturated/α-hetero) is 1. The van der Waals surface area contributed by atoms with Crippen LogP contribution in [0.15, 0.2) is 54.6 Å². The monoisotopic (exact) mass is 439 g/mol. The van der Waals surface area contributed by atoms with Crippen molar-refractivity contribution in [3.8, 4) is 0 Å². The number of carbonyl (C=O) groups excluding carboxylic acids is 2. The Morgan fingerprint density at radius 3 is 2.19 bits per heavy atom. The average Bonchev–Trinajstić information content (AvgIpc) is 3.24. The van der Waals surface area contributed by atoms with Crippen LogP contribution in [-0.4, -0.2) is 83.9 Å². The number of rotatable bonds is 7. The summed E-state index contributed by atoms with van der Waals surface area (Å²) in [6.45, 7) is 5.10. The molecule has 4 rings (SSSR count). The van der Waals surface area contributed by atoms with Gasteiger partial charge in [0.1, 0.15) is 5.82 Å². The van der Waals surface area contributed by atoms with Gasteiger partial charge in [0, 0.05) is 63.8 Å². The smallest absolute Gasteiger partial charge is 0.227 e. The Labute approximate surface area is 188 Å². The first-order valence-electron chi connectivity index (χ1n) is 11.2. The Morgan fingerprint density at radius 2 is 1.53 bits per heavy atom. The van der Waals surface area contributed by atoms with Crippen LogP contribution >= 0.6 is 0 Å². The molecule has 2 heterocycles. The number of aliphatic hydroxyl groups is 1. The molecule has 170 valence electrons. The van der Waals surface area contributed by atoms with Crippen molar-refractivity contribution in [2.24, 2.45) is 11.8 Å². The molecule has 0 spiro atoms. The minimum absolute atomic E-state index is 0.0182. The van der Waals surface area contributed by atoms with Crippen LogP contribution in [0, 0.1) is 17.7 Å². The molecule has 1 N–H and O–H groups in total. The highest BCUT2D eigenvalue weighted by molar-refractivity contribution is 6.01. The Kier molecular flexibility index (Phi) is 7.29. The normalized spacial score (nSPS) is 22.2. The number of likely N-dealkylation sites (tertiary alicyclic amines) is 1. The third kappa shape index (κ3) is 5.23. The number of benzene rings is 2. The lowest BCUT2D eigenvalue weighted by molar-refractivity contribution is -0.137. The highest BCUT2D eigenvalue weighted by atomic mass is 19.1. The third-order valence-corrected chi connectivity index (χ3v) is 6.53. The van der Waals surface area contributed by atoms with Crippen molar-refractivity contribution in [2.45, 2.75) is 6.54 Å². The van der Waals surface area contributed by atoms with Crippen molar-refractivity contribution in [1.29, 1.82) is 0 Å². The molecule has 2 saturated heterocycles. The first kappa shape index (κ1) is 22.6. The molecule has 2 aliphatic heterocycles. The van der Waals surface area contributed by atoms with Crippen molar-refractivity contribution in [1.82, 2.24) is 14.7 Å². The predicted octanol–water partition coefficient (Wildman–Crippen LogP) is 1.89. The molecule has 32 heavy (non-hydrogen) atoms. The van der Waals surface area contributed by atoms with E-state index in [9.17, 15) is 14.0 Å². The molecule has 0 aromatic heterocycles. The lowest BCUT2D eigenvalue weighted by Crippen LogP contribution is -2.52. The van der Waals surface area contributed by atoms with Crippen LogP contribution in [0.25, 0.3) is 0 Å². The van der Waals surface area contributed by atoms with Gasteiger partial charge in [-0.1, -0.05) is 30.3 Å². The molecule has 7 heteroatoms. The van der Waals surface area contributed by atoms with Gasteiger partial charge in [-0.15, -0.1) is 0 Å². The summed E-state index contributed by atoms with van der Waals surface area (Å²) in [7, 11) is 0. The van der Waals surface area contributed by atoms with E-state index in [-0.39, 0.29) is 24.1 Å². The molecule has 0 unspecified atom stereocenters. The summed E-state index contributed by atoms with van der Waals surface area (Å²) in [5.74, 6) is -1.33. The molecule has 0 saturated carbocycles. The average molecular weight is 440 g/mol. The predicted molar refractivity (Wildman–Crippen MR) is 120 cm³/mol. The maximum atomic E-state index is 13.5. The first-order valence-corrected chi connectivity index (χ1v) is 11.2. The number of aliphatic hydroxyl groups excluding tert-OH is 1. The van der Waals surface area contributed by atoms with E-state index in [1.165, 1.54) is 24.3 Å². The van der Waals surface area contributed by atoms with Crippen LogP contribution in [0.2, 0.25) is 0 Å². The fourth-order valence-corrected chi connectivity index (χ4v) is 4.77. The third-order valence-electron chi connectivity index (χ3n) is 6.53. The van der Waals surface area contributed by atoms with Gasteiger partial charge in [-0.2, -0.15) is 0 Å². The summed E-state index contributed by atoms with van der Waals surface area (Å²) in [6, 6.07) is 15.6. The summed E-state index contributed by atoms with van der Waals surface area (Å²) in [4.78, 5) is 33.0. The summed E-state index contributed by atoms with van der Waals surface area (Å²) < 4.78 is 13.4. The number of carbonyl (C=O) groups is 2. The Balaban J connectivity index is 1.50. The number of piperazine rings is 1. The number of halogens is 1.